The van der Waals surface area contributed by atoms with Gasteiger partial charge in [0.15, 0.2) is 0 Å². The van der Waals surface area contributed by atoms with Crippen molar-refractivity contribution >= 4 is 46.7 Å². The molecule has 9 heteroatoms. The van der Waals surface area contributed by atoms with Gasteiger partial charge in [-0.05, 0) is 62.4 Å². The van der Waals surface area contributed by atoms with Crippen LogP contribution < -0.4 is 14.9 Å². The molecule has 0 radical (unpaired) electrons. The molecule has 0 saturated carbocycles. The van der Waals surface area contributed by atoms with Crippen LogP contribution in [0.5, 0.6) is 17.4 Å². The number of aromatic nitrogens is 2. The number of hydrogen-bond acceptors (Lipinski definition) is 5. The highest BCUT2D eigenvalue weighted by Gasteiger charge is 2.18. The molecule has 0 atom stereocenters. The van der Waals surface area contributed by atoms with E-state index in [1.165, 1.54) is 0 Å². The van der Waals surface area contributed by atoms with E-state index in [0.717, 1.165) is 17.1 Å². The highest BCUT2D eigenvalue weighted by atomic mass is 35.5. The van der Waals surface area contributed by atoms with Crippen molar-refractivity contribution in [3.63, 3.8) is 0 Å². The summed E-state index contributed by atoms with van der Waals surface area (Å²) in [6, 6.07) is 20.3. The molecule has 0 aliphatic rings. The topological polar surface area (TPSA) is 60.7 Å². The van der Waals surface area contributed by atoms with Crippen LogP contribution in [0.3, 0.4) is 0 Å². The summed E-state index contributed by atoms with van der Waals surface area (Å²) in [5, 5.41) is 10.2. The van der Waals surface area contributed by atoms with Gasteiger partial charge in [-0.15, -0.1) is 0 Å². The zero-order valence-electron chi connectivity index (χ0n) is 18.4. The molecule has 0 unspecified atom stereocenters. The zero-order chi connectivity index (χ0) is 24.1. The summed E-state index contributed by atoms with van der Waals surface area (Å²) in [6.07, 6.45) is 1.62. The van der Waals surface area contributed by atoms with E-state index < -0.39 is 0 Å². The van der Waals surface area contributed by atoms with Gasteiger partial charge in [0.1, 0.15) is 11.5 Å². The Hall–Kier alpha value is -3.19. The number of nitrogens with zero attached hydrogens (tertiary/aromatic N) is 3. The molecule has 1 heterocycles. The molecular weight excluding hydrogens is 495 g/mol. The van der Waals surface area contributed by atoms with E-state index >= 15 is 0 Å². The average Bonchev–Trinajstić information content (AvgIpc) is 3.12. The van der Waals surface area contributed by atoms with E-state index in [1.54, 1.807) is 23.0 Å². The van der Waals surface area contributed by atoms with E-state index in [4.69, 9.17) is 44.3 Å². The van der Waals surface area contributed by atoms with Crippen LogP contribution in [-0.2, 0) is 0 Å². The van der Waals surface area contributed by atoms with E-state index in [9.17, 15) is 0 Å². The third-order valence-corrected chi connectivity index (χ3v) is 5.60. The molecule has 1 aromatic heterocycles. The maximum absolute atomic E-state index is 6.27. The molecule has 4 rings (SSSR count). The largest absolute Gasteiger partial charge is 0.494 e. The molecule has 0 saturated heterocycles. The van der Waals surface area contributed by atoms with E-state index in [0.29, 0.717) is 44.6 Å². The number of rotatable bonds is 8. The summed E-state index contributed by atoms with van der Waals surface area (Å²) in [5.41, 5.74) is 5.60. The highest BCUT2D eigenvalue weighted by molar-refractivity contribution is 6.41. The van der Waals surface area contributed by atoms with E-state index in [-0.39, 0.29) is 0 Å². The first-order chi connectivity index (χ1) is 16.5. The Kier molecular flexibility index (Phi) is 7.63. The quantitative estimate of drug-likeness (QED) is 0.192. The summed E-state index contributed by atoms with van der Waals surface area (Å²) < 4.78 is 13.5. The fraction of sp³-hybridized carbons (Fsp3) is 0.120. The number of aryl methyl sites for hydroxylation is 1. The van der Waals surface area contributed by atoms with Gasteiger partial charge in [-0.25, -0.2) is 0 Å². The minimum Gasteiger partial charge on any atom is -0.494 e. The molecule has 0 spiro atoms. The molecule has 0 aliphatic carbocycles. The van der Waals surface area contributed by atoms with Gasteiger partial charge in [0.05, 0.1) is 45.5 Å². The lowest BCUT2D eigenvalue weighted by molar-refractivity contribution is 0.339. The number of hydrogen-bond donors (Lipinski definition) is 1. The van der Waals surface area contributed by atoms with Crippen molar-refractivity contribution in [1.82, 2.24) is 9.78 Å². The summed E-state index contributed by atoms with van der Waals surface area (Å²) in [7, 11) is 0. The van der Waals surface area contributed by atoms with Gasteiger partial charge in [0.25, 0.3) is 0 Å². The SMILES string of the molecule is CCOc1ccc(Oc2c(/C=N/Nc3c(Cl)cc(Cl)cc3Cl)c(C)nn2-c2ccccc2)cc1. The van der Waals surface area contributed by atoms with Crippen molar-refractivity contribution in [2.45, 2.75) is 13.8 Å². The Morgan fingerprint density at radius 1 is 0.971 bits per heavy atom. The van der Waals surface area contributed by atoms with Gasteiger partial charge >= 0.3 is 0 Å². The maximum atomic E-state index is 6.27. The summed E-state index contributed by atoms with van der Waals surface area (Å²) in [5.74, 6) is 1.91. The second-order valence-electron chi connectivity index (χ2n) is 7.17. The maximum Gasteiger partial charge on any atom is 0.231 e. The summed E-state index contributed by atoms with van der Waals surface area (Å²) >= 11 is 18.5. The normalized spacial score (nSPS) is 11.1. The average molecular weight is 516 g/mol. The van der Waals surface area contributed by atoms with Crippen molar-refractivity contribution in [2.75, 3.05) is 12.0 Å². The predicted octanol–water partition coefficient (Wildman–Crippen LogP) is 7.78. The summed E-state index contributed by atoms with van der Waals surface area (Å²) in [4.78, 5) is 0. The number of para-hydroxylation sites is 1. The van der Waals surface area contributed by atoms with Crippen LogP contribution in [0.15, 0.2) is 71.8 Å². The van der Waals surface area contributed by atoms with E-state index in [1.807, 2.05) is 68.4 Å². The molecule has 0 amide bonds. The Morgan fingerprint density at radius 3 is 2.26 bits per heavy atom. The zero-order valence-corrected chi connectivity index (χ0v) is 20.7. The fourth-order valence-electron chi connectivity index (χ4n) is 3.20. The van der Waals surface area contributed by atoms with Crippen LogP contribution >= 0.6 is 34.8 Å². The second-order valence-corrected chi connectivity index (χ2v) is 8.42. The van der Waals surface area contributed by atoms with Crippen LogP contribution in [-0.4, -0.2) is 22.6 Å². The molecule has 0 fully saturated rings. The van der Waals surface area contributed by atoms with Crippen molar-refractivity contribution in [3.8, 4) is 23.1 Å². The Labute approximate surface area is 212 Å². The second kappa shape index (κ2) is 10.8. The van der Waals surface area contributed by atoms with Crippen molar-refractivity contribution in [1.29, 1.82) is 0 Å². The van der Waals surface area contributed by atoms with Crippen LogP contribution in [0.4, 0.5) is 5.69 Å². The number of ether oxygens (including phenoxy) is 2. The first-order valence-electron chi connectivity index (χ1n) is 10.5. The molecular formula is C25H21Cl3N4O2. The molecule has 174 valence electrons. The smallest absolute Gasteiger partial charge is 0.231 e. The third kappa shape index (κ3) is 5.47. The predicted molar refractivity (Wildman–Crippen MR) is 139 cm³/mol. The Bertz CT molecular complexity index is 1280. The molecule has 3 aromatic carbocycles. The highest BCUT2D eigenvalue weighted by Crippen LogP contribution is 2.34. The van der Waals surface area contributed by atoms with Crippen molar-refractivity contribution in [3.05, 3.63) is 93.1 Å². The summed E-state index contributed by atoms with van der Waals surface area (Å²) in [6.45, 7) is 4.42. The van der Waals surface area contributed by atoms with Gasteiger partial charge in [-0.2, -0.15) is 14.9 Å². The van der Waals surface area contributed by atoms with Crippen LogP contribution in [0.2, 0.25) is 15.1 Å². The van der Waals surface area contributed by atoms with Gasteiger partial charge in [-0.1, -0.05) is 53.0 Å². The first-order valence-corrected chi connectivity index (χ1v) is 11.6. The number of hydrazone groups is 1. The minimum atomic E-state index is 0.359. The van der Waals surface area contributed by atoms with E-state index in [2.05, 4.69) is 15.6 Å². The van der Waals surface area contributed by atoms with Crippen LogP contribution in [0.1, 0.15) is 18.2 Å². The van der Waals surface area contributed by atoms with Crippen molar-refractivity contribution < 1.29 is 9.47 Å². The van der Waals surface area contributed by atoms with Crippen LogP contribution in [0.25, 0.3) is 5.69 Å². The number of nitrogens with one attached hydrogen (secondary N) is 1. The Morgan fingerprint density at radius 2 is 1.62 bits per heavy atom. The first kappa shape index (κ1) is 24.0. The number of anilines is 1. The van der Waals surface area contributed by atoms with Crippen LogP contribution in [0, 0.1) is 6.92 Å². The molecule has 34 heavy (non-hydrogen) atoms. The lowest BCUT2D eigenvalue weighted by Gasteiger charge is -2.11. The molecule has 0 bridgehead atoms. The standard InChI is InChI=1S/C25H21Cl3N4O2/c1-3-33-19-9-11-20(12-10-19)34-25-21(16(2)31-32(25)18-7-5-4-6-8-18)15-29-30-24-22(27)13-17(26)14-23(24)28/h4-15,30H,3H2,1-2H3/b29-15+. The number of benzene rings is 3. The monoisotopic (exact) mass is 514 g/mol. The Balaban J connectivity index is 1.69. The molecule has 4 aromatic rings. The lowest BCUT2D eigenvalue weighted by atomic mass is 10.2. The lowest BCUT2D eigenvalue weighted by Crippen LogP contribution is -2.01. The third-order valence-electron chi connectivity index (χ3n) is 4.79. The molecule has 1 N–H and O–H groups in total. The molecule has 6 nitrogen and oxygen atoms in total. The fourth-order valence-corrected chi connectivity index (χ4v) is 4.10. The number of halogens is 3. The minimum absolute atomic E-state index is 0.359. The van der Waals surface area contributed by atoms with Gasteiger partial charge < -0.3 is 9.47 Å². The van der Waals surface area contributed by atoms with Gasteiger partial charge in [0, 0.05) is 5.02 Å². The van der Waals surface area contributed by atoms with Gasteiger partial charge in [-0.3, -0.25) is 5.43 Å². The van der Waals surface area contributed by atoms with Crippen molar-refractivity contribution in [2.24, 2.45) is 5.10 Å². The molecule has 0 aliphatic heterocycles. The van der Waals surface area contributed by atoms with Gasteiger partial charge in [0.2, 0.25) is 5.88 Å².